The van der Waals surface area contributed by atoms with Gasteiger partial charge in [-0.25, -0.2) is 17.2 Å². The molecule has 1 aliphatic heterocycles. The van der Waals surface area contributed by atoms with Gasteiger partial charge in [-0.1, -0.05) is 11.6 Å². The van der Waals surface area contributed by atoms with Gasteiger partial charge in [-0.3, -0.25) is 0 Å². The molecular formula is C14H20ClN5O3S. The van der Waals surface area contributed by atoms with Crippen LogP contribution in [-0.4, -0.2) is 59.3 Å². The average molecular weight is 374 g/mol. The number of piperidine rings is 1. The smallest absolute Gasteiger partial charge is 0.243 e. The van der Waals surface area contributed by atoms with Gasteiger partial charge in [0.05, 0.1) is 17.9 Å². The zero-order valence-electron chi connectivity index (χ0n) is 13.6. The molecule has 10 heteroatoms. The Hall–Kier alpha value is -1.58. The second-order valence-electron chi connectivity index (χ2n) is 5.71. The number of aromatic nitrogens is 3. The van der Waals surface area contributed by atoms with Gasteiger partial charge in [0.25, 0.3) is 0 Å². The van der Waals surface area contributed by atoms with E-state index in [9.17, 15) is 8.42 Å². The Kier molecular flexibility index (Phi) is 4.84. The highest BCUT2D eigenvalue weighted by molar-refractivity contribution is 7.88. The van der Waals surface area contributed by atoms with Crippen molar-refractivity contribution in [2.75, 3.05) is 31.3 Å². The second kappa shape index (κ2) is 6.73. The molecule has 1 aliphatic rings. The Morgan fingerprint density at radius 3 is 2.75 bits per heavy atom. The largest absolute Gasteiger partial charge is 0.488 e. The van der Waals surface area contributed by atoms with E-state index in [1.807, 2.05) is 6.92 Å². The highest BCUT2D eigenvalue weighted by Gasteiger charge is 2.25. The van der Waals surface area contributed by atoms with E-state index in [0.29, 0.717) is 54.9 Å². The number of anilines is 1. The molecular weight excluding hydrogens is 354 g/mol. The normalized spacial score (nSPS) is 17.3. The van der Waals surface area contributed by atoms with Gasteiger partial charge < -0.3 is 10.1 Å². The number of ether oxygens (including phenoxy) is 1. The van der Waals surface area contributed by atoms with E-state index in [1.54, 1.807) is 16.8 Å². The predicted molar refractivity (Wildman–Crippen MR) is 92.2 cm³/mol. The maximum atomic E-state index is 11.6. The first kappa shape index (κ1) is 17.2. The zero-order chi connectivity index (χ0) is 17.3. The van der Waals surface area contributed by atoms with Gasteiger partial charge in [-0.15, -0.1) is 5.10 Å². The Bertz CT molecular complexity index is 830. The van der Waals surface area contributed by atoms with E-state index in [2.05, 4.69) is 15.4 Å². The molecule has 0 aromatic carbocycles. The first-order chi connectivity index (χ1) is 11.4. The second-order valence-corrected chi connectivity index (χ2v) is 8.10. The van der Waals surface area contributed by atoms with Crippen LogP contribution >= 0.6 is 11.6 Å². The molecule has 0 saturated carbocycles. The summed E-state index contributed by atoms with van der Waals surface area (Å²) in [6, 6.07) is 1.84. The summed E-state index contributed by atoms with van der Waals surface area (Å²) in [5.41, 5.74) is 0.556. The third-order valence-electron chi connectivity index (χ3n) is 3.96. The minimum absolute atomic E-state index is 0.131. The number of hydrogen-bond acceptors (Lipinski definition) is 6. The minimum Gasteiger partial charge on any atom is -0.488 e. The number of rotatable bonds is 5. The summed E-state index contributed by atoms with van der Waals surface area (Å²) < 4.78 is 31.8. The molecule has 3 rings (SSSR count). The first-order valence-corrected chi connectivity index (χ1v) is 10.0. The average Bonchev–Trinajstić information content (AvgIpc) is 2.93. The summed E-state index contributed by atoms with van der Waals surface area (Å²) in [5.74, 6) is 0.991. The summed E-state index contributed by atoms with van der Waals surface area (Å²) in [7, 11) is -3.12. The van der Waals surface area contributed by atoms with Crippen LogP contribution in [0.3, 0.4) is 0 Å². The fraction of sp³-hybridized carbons (Fsp3) is 0.571. The summed E-state index contributed by atoms with van der Waals surface area (Å²) in [4.78, 5) is 4.45. The Labute approximate surface area is 145 Å². The fourth-order valence-electron chi connectivity index (χ4n) is 2.75. The first-order valence-electron chi connectivity index (χ1n) is 7.78. The Morgan fingerprint density at radius 2 is 2.12 bits per heavy atom. The van der Waals surface area contributed by atoms with E-state index in [1.165, 1.54) is 10.6 Å². The van der Waals surface area contributed by atoms with Crippen LogP contribution in [0.25, 0.3) is 5.65 Å². The molecule has 0 spiro atoms. The highest BCUT2D eigenvalue weighted by Crippen LogP contribution is 2.29. The molecule has 132 valence electrons. The van der Waals surface area contributed by atoms with Crippen molar-refractivity contribution in [3.8, 4) is 5.75 Å². The van der Waals surface area contributed by atoms with E-state index in [0.717, 1.165) is 0 Å². The van der Waals surface area contributed by atoms with Crippen LogP contribution in [0.15, 0.2) is 12.3 Å². The molecule has 1 fully saturated rings. The number of nitrogens with one attached hydrogen (secondary N) is 1. The molecule has 0 amide bonds. The van der Waals surface area contributed by atoms with Crippen LogP contribution < -0.4 is 10.1 Å². The van der Waals surface area contributed by atoms with Crippen molar-refractivity contribution in [2.45, 2.75) is 25.8 Å². The molecule has 3 heterocycles. The van der Waals surface area contributed by atoms with Crippen LogP contribution in [0.5, 0.6) is 5.75 Å². The van der Waals surface area contributed by atoms with Crippen LogP contribution in [-0.2, 0) is 10.0 Å². The van der Waals surface area contributed by atoms with Gasteiger partial charge in [-0.2, -0.15) is 4.98 Å². The Balaban J connectivity index is 1.74. The van der Waals surface area contributed by atoms with E-state index >= 15 is 0 Å². The van der Waals surface area contributed by atoms with E-state index in [-0.39, 0.29) is 6.04 Å². The lowest BCUT2D eigenvalue weighted by Gasteiger charge is -2.30. The van der Waals surface area contributed by atoms with Crippen molar-refractivity contribution in [3.05, 3.63) is 17.3 Å². The predicted octanol–water partition coefficient (Wildman–Crippen LogP) is 1.62. The lowest BCUT2D eigenvalue weighted by molar-refractivity contribution is 0.331. The van der Waals surface area contributed by atoms with E-state index < -0.39 is 10.0 Å². The maximum absolute atomic E-state index is 11.6. The molecule has 8 nitrogen and oxygen atoms in total. The Morgan fingerprint density at radius 1 is 1.42 bits per heavy atom. The molecule has 0 unspecified atom stereocenters. The summed E-state index contributed by atoms with van der Waals surface area (Å²) >= 11 is 6.15. The van der Waals surface area contributed by atoms with Gasteiger partial charge in [0.1, 0.15) is 0 Å². The number of pyridine rings is 1. The van der Waals surface area contributed by atoms with Crippen LogP contribution in [0.4, 0.5) is 5.95 Å². The third-order valence-corrected chi connectivity index (χ3v) is 5.56. The molecule has 0 bridgehead atoms. The molecule has 24 heavy (non-hydrogen) atoms. The lowest BCUT2D eigenvalue weighted by Crippen LogP contribution is -2.41. The van der Waals surface area contributed by atoms with Crippen molar-refractivity contribution < 1.29 is 13.2 Å². The van der Waals surface area contributed by atoms with E-state index in [4.69, 9.17) is 16.3 Å². The molecule has 2 aromatic rings. The van der Waals surface area contributed by atoms with Crippen LogP contribution in [0.2, 0.25) is 5.02 Å². The lowest BCUT2D eigenvalue weighted by atomic mass is 10.1. The summed E-state index contributed by atoms with van der Waals surface area (Å²) in [6.45, 7) is 3.36. The van der Waals surface area contributed by atoms with Crippen molar-refractivity contribution in [3.63, 3.8) is 0 Å². The van der Waals surface area contributed by atoms with Crippen LogP contribution in [0.1, 0.15) is 19.8 Å². The SMILES string of the molecule is CCOc1c(Cl)ccn2nc(NC3CCN(S(C)(=O)=O)CC3)nc12. The van der Waals surface area contributed by atoms with Crippen molar-refractivity contribution in [1.82, 2.24) is 18.9 Å². The number of fused-ring (bicyclic) bond motifs is 1. The summed E-state index contributed by atoms with van der Waals surface area (Å²) in [5, 5.41) is 8.14. The number of hydrogen-bond donors (Lipinski definition) is 1. The van der Waals surface area contributed by atoms with Gasteiger partial charge in [0.2, 0.25) is 21.6 Å². The standard InChI is InChI=1S/C14H20ClN5O3S/c1-3-23-12-11(15)6-9-20-13(12)17-14(18-20)16-10-4-7-19(8-5-10)24(2,21)22/h6,9-10H,3-5,7-8H2,1-2H3,(H,16,18). The maximum Gasteiger partial charge on any atom is 0.243 e. The molecule has 0 atom stereocenters. The number of nitrogens with zero attached hydrogens (tertiary/aromatic N) is 4. The minimum atomic E-state index is -3.12. The van der Waals surface area contributed by atoms with Crippen molar-refractivity contribution >= 4 is 33.2 Å². The molecule has 2 aromatic heterocycles. The fourth-order valence-corrected chi connectivity index (χ4v) is 3.82. The van der Waals surface area contributed by atoms with Crippen molar-refractivity contribution in [2.24, 2.45) is 0 Å². The zero-order valence-corrected chi connectivity index (χ0v) is 15.1. The monoisotopic (exact) mass is 373 g/mol. The van der Waals surface area contributed by atoms with Crippen LogP contribution in [0, 0.1) is 0 Å². The molecule has 0 radical (unpaired) electrons. The topological polar surface area (TPSA) is 88.8 Å². The number of halogens is 1. The quantitative estimate of drug-likeness (QED) is 0.856. The van der Waals surface area contributed by atoms with Gasteiger partial charge in [-0.05, 0) is 25.8 Å². The number of sulfonamides is 1. The molecule has 0 aliphatic carbocycles. The molecule has 1 N–H and O–H groups in total. The summed E-state index contributed by atoms with van der Waals surface area (Å²) in [6.07, 6.45) is 4.39. The molecule has 1 saturated heterocycles. The van der Waals surface area contributed by atoms with Gasteiger partial charge in [0, 0.05) is 25.3 Å². The van der Waals surface area contributed by atoms with Gasteiger partial charge in [0.15, 0.2) is 5.75 Å². The van der Waals surface area contributed by atoms with Gasteiger partial charge >= 0.3 is 0 Å². The highest BCUT2D eigenvalue weighted by atomic mass is 35.5. The van der Waals surface area contributed by atoms with Crippen molar-refractivity contribution in [1.29, 1.82) is 0 Å². The third kappa shape index (κ3) is 3.57.